The van der Waals surface area contributed by atoms with Crippen molar-refractivity contribution in [3.63, 3.8) is 0 Å². The van der Waals surface area contributed by atoms with E-state index < -0.39 is 0 Å². The molecule has 17 heavy (non-hydrogen) atoms. The summed E-state index contributed by atoms with van der Waals surface area (Å²) in [6, 6.07) is 4.60. The minimum absolute atomic E-state index is 0.497. The fourth-order valence-electron chi connectivity index (χ4n) is 2.49. The Balaban J connectivity index is 2.35. The van der Waals surface area contributed by atoms with Crippen LogP contribution in [0.5, 0.6) is 0 Å². The van der Waals surface area contributed by atoms with Crippen LogP contribution in [0.4, 0.5) is 5.69 Å². The summed E-state index contributed by atoms with van der Waals surface area (Å²) in [5.74, 6) is 0. The van der Waals surface area contributed by atoms with Gasteiger partial charge in [0.2, 0.25) is 0 Å². The number of ether oxygens (including phenoxy) is 1. The number of benzene rings is 1. The molecular formula is C14H20ClNO. The largest absolute Gasteiger partial charge is 0.379 e. The van der Waals surface area contributed by atoms with Crippen LogP contribution in [0.1, 0.15) is 24.5 Å². The summed E-state index contributed by atoms with van der Waals surface area (Å²) >= 11 is 6.17. The van der Waals surface area contributed by atoms with Crippen molar-refractivity contribution in [3.8, 4) is 0 Å². The van der Waals surface area contributed by atoms with Gasteiger partial charge >= 0.3 is 0 Å². The third-order valence-corrected chi connectivity index (χ3v) is 3.82. The molecule has 94 valence electrons. The molecule has 0 radical (unpaired) electrons. The molecule has 1 aromatic carbocycles. The molecule has 2 nitrogen and oxygen atoms in total. The topological polar surface area (TPSA) is 12.5 Å². The van der Waals surface area contributed by atoms with E-state index in [2.05, 4.69) is 31.7 Å². The molecular weight excluding hydrogens is 234 g/mol. The molecule has 1 unspecified atom stereocenters. The molecule has 2 rings (SSSR count). The molecule has 0 bridgehead atoms. The summed E-state index contributed by atoms with van der Waals surface area (Å²) in [6.45, 7) is 9.17. The van der Waals surface area contributed by atoms with E-state index in [1.54, 1.807) is 0 Å². The normalized spacial score (nSPS) is 19.6. The second-order valence-corrected chi connectivity index (χ2v) is 5.11. The number of hydrogen-bond donors (Lipinski definition) is 0. The van der Waals surface area contributed by atoms with Gasteiger partial charge in [-0.25, -0.2) is 0 Å². The van der Waals surface area contributed by atoms with Gasteiger partial charge in [0.05, 0.1) is 12.6 Å². The Morgan fingerprint density at radius 2 is 2.18 bits per heavy atom. The van der Waals surface area contributed by atoms with Gasteiger partial charge < -0.3 is 9.64 Å². The zero-order chi connectivity index (χ0) is 12.4. The van der Waals surface area contributed by atoms with Crippen molar-refractivity contribution in [1.82, 2.24) is 0 Å². The maximum absolute atomic E-state index is 6.17. The molecule has 1 aromatic rings. The molecule has 3 heteroatoms. The van der Waals surface area contributed by atoms with Crippen LogP contribution in [0, 0.1) is 13.8 Å². The molecule has 0 N–H and O–H groups in total. The number of anilines is 1. The van der Waals surface area contributed by atoms with Crippen molar-refractivity contribution in [1.29, 1.82) is 0 Å². The highest BCUT2D eigenvalue weighted by Gasteiger charge is 2.23. The van der Waals surface area contributed by atoms with Gasteiger partial charge in [0.25, 0.3) is 0 Å². The minimum Gasteiger partial charge on any atom is -0.379 e. The van der Waals surface area contributed by atoms with Crippen molar-refractivity contribution < 1.29 is 4.74 Å². The van der Waals surface area contributed by atoms with Gasteiger partial charge in [0.15, 0.2) is 0 Å². The van der Waals surface area contributed by atoms with E-state index in [4.69, 9.17) is 16.3 Å². The lowest BCUT2D eigenvalue weighted by Gasteiger charge is -2.31. The second-order valence-electron chi connectivity index (χ2n) is 4.67. The van der Waals surface area contributed by atoms with Crippen molar-refractivity contribution >= 4 is 17.3 Å². The zero-order valence-corrected chi connectivity index (χ0v) is 11.5. The average Bonchev–Trinajstić information content (AvgIpc) is 2.79. The van der Waals surface area contributed by atoms with E-state index in [0.717, 1.165) is 31.2 Å². The SMILES string of the molecule is CCN(c1cc(Cl)cc(C)c1C)C1CCOC1. The van der Waals surface area contributed by atoms with E-state index in [1.807, 2.05) is 6.07 Å². The number of rotatable bonds is 3. The van der Waals surface area contributed by atoms with Crippen LogP contribution in [0.15, 0.2) is 12.1 Å². The molecule has 1 fully saturated rings. The van der Waals surface area contributed by atoms with E-state index in [-0.39, 0.29) is 0 Å². The summed E-state index contributed by atoms with van der Waals surface area (Å²) in [5.41, 5.74) is 3.83. The Morgan fingerprint density at radius 3 is 2.76 bits per heavy atom. The fraction of sp³-hybridized carbons (Fsp3) is 0.571. The maximum atomic E-state index is 6.17. The van der Waals surface area contributed by atoms with Crippen molar-refractivity contribution in [2.45, 2.75) is 33.2 Å². The van der Waals surface area contributed by atoms with E-state index in [9.17, 15) is 0 Å². The van der Waals surface area contributed by atoms with Crippen molar-refractivity contribution in [3.05, 3.63) is 28.3 Å². The molecule has 1 heterocycles. The quantitative estimate of drug-likeness (QED) is 0.817. The lowest BCUT2D eigenvalue weighted by atomic mass is 10.1. The summed E-state index contributed by atoms with van der Waals surface area (Å²) in [7, 11) is 0. The fourth-order valence-corrected chi connectivity index (χ4v) is 2.76. The third-order valence-electron chi connectivity index (χ3n) is 3.60. The molecule has 0 amide bonds. The maximum Gasteiger partial charge on any atom is 0.0670 e. The zero-order valence-electron chi connectivity index (χ0n) is 10.8. The highest BCUT2D eigenvalue weighted by Crippen LogP contribution is 2.30. The van der Waals surface area contributed by atoms with Gasteiger partial charge in [-0.3, -0.25) is 0 Å². The average molecular weight is 254 g/mol. The lowest BCUT2D eigenvalue weighted by Crippen LogP contribution is -2.36. The highest BCUT2D eigenvalue weighted by molar-refractivity contribution is 6.31. The summed E-state index contributed by atoms with van der Waals surface area (Å²) in [6.07, 6.45) is 1.11. The molecule has 1 atom stereocenters. The predicted molar refractivity (Wildman–Crippen MR) is 73.2 cm³/mol. The van der Waals surface area contributed by atoms with Crippen LogP contribution in [-0.4, -0.2) is 25.8 Å². The van der Waals surface area contributed by atoms with Gasteiger partial charge in [-0.2, -0.15) is 0 Å². The van der Waals surface area contributed by atoms with Gasteiger partial charge in [-0.05, 0) is 50.5 Å². The summed E-state index contributed by atoms with van der Waals surface area (Å²) in [4.78, 5) is 2.42. The molecule has 1 saturated heterocycles. The van der Waals surface area contributed by atoms with Gasteiger partial charge in [-0.1, -0.05) is 11.6 Å². The summed E-state index contributed by atoms with van der Waals surface area (Å²) < 4.78 is 5.49. The van der Waals surface area contributed by atoms with Gasteiger partial charge in [0.1, 0.15) is 0 Å². The Hall–Kier alpha value is -0.730. The number of halogens is 1. The van der Waals surface area contributed by atoms with E-state index >= 15 is 0 Å². The van der Waals surface area contributed by atoms with Crippen molar-refractivity contribution in [2.75, 3.05) is 24.7 Å². The number of hydrogen-bond acceptors (Lipinski definition) is 2. The van der Waals surface area contributed by atoms with Crippen LogP contribution in [0.2, 0.25) is 5.02 Å². The van der Waals surface area contributed by atoms with E-state index in [0.29, 0.717) is 6.04 Å². The first kappa shape index (κ1) is 12.7. The van der Waals surface area contributed by atoms with Crippen LogP contribution in [0.3, 0.4) is 0 Å². The van der Waals surface area contributed by atoms with Gasteiger partial charge in [-0.15, -0.1) is 0 Å². The Morgan fingerprint density at radius 1 is 1.41 bits per heavy atom. The Kier molecular flexibility index (Phi) is 3.95. The van der Waals surface area contributed by atoms with Crippen LogP contribution >= 0.6 is 11.6 Å². The predicted octanol–water partition coefficient (Wildman–Crippen LogP) is 3.57. The van der Waals surface area contributed by atoms with Crippen molar-refractivity contribution in [2.24, 2.45) is 0 Å². The number of likely N-dealkylation sites (N-methyl/N-ethyl adjacent to an activating group) is 1. The summed E-state index contributed by atoms with van der Waals surface area (Å²) in [5, 5.41) is 0.820. The standard InChI is InChI=1S/C14H20ClNO/c1-4-16(13-5-6-17-9-13)14-8-12(15)7-10(2)11(14)3/h7-8,13H,4-6,9H2,1-3H3. The second kappa shape index (κ2) is 5.28. The van der Waals surface area contributed by atoms with E-state index in [1.165, 1.54) is 16.8 Å². The lowest BCUT2D eigenvalue weighted by molar-refractivity contribution is 0.193. The molecule has 1 aliphatic rings. The molecule has 0 saturated carbocycles. The Bertz CT molecular complexity index is 399. The number of nitrogens with zero attached hydrogens (tertiary/aromatic N) is 1. The smallest absolute Gasteiger partial charge is 0.0670 e. The van der Waals surface area contributed by atoms with Crippen LogP contribution in [0.25, 0.3) is 0 Å². The first-order chi connectivity index (χ1) is 8.13. The first-order valence-corrected chi connectivity index (χ1v) is 6.62. The molecule has 0 aromatic heterocycles. The Labute approximate surface area is 109 Å². The number of aryl methyl sites for hydroxylation is 1. The molecule has 0 spiro atoms. The molecule has 0 aliphatic carbocycles. The minimum atomic E-state index is 0.497. The molecule has 1 aliphatic heterocycles. The monoisotopic (exact) mass is 253 g/mol. The van der Waals surface area contributed by atoms with Gasteiger partial charge in [0, 0.05) is 23.9 Å². The third kappa shape index (κ3) is 2.58. The van der Waals surface area contributed by atoms with Crippen LogP contribution < -0.4 is 4.90 Å². The highest BCUT2D eigenvalue weighted by atomic mass is 35.5. The first-order valence-electron chi connectivity index (χ1n) is 6.24. The van der Waals surface area contributed by atoms with Crippen LogP contribution in [-0.2, 0) is 4.74 Å².